The van der Waals surface area contributed by atoms with Gasteiger partial charge in [0.1, 0.15) is 5.82 Å². The first kappa shape index (κ1) is 22.4. The van der Waals surface area contributed by atoms with E-state index in [0.29, 0.717) is 0 Å². The average Bonchev–Trinajstić information content (AvgIpc) is 2.66. The van der Waals surface area contributed by atoms with Crippen LogP contribution in [0.5, 0.6) is 0 Å². The van der Waals surface area contributed by atoms with Gasteiger partial charge < -0.3 is 10.1 Å². The molecule has 0 aromatic heterocycles. The third-order valence-corrected chi connectivity index (χ3v) is 5.62. The molecule has 0 heterocycles. The van der Waals surface area contributed by atoms with Crippen LogP contribution in [0.2, 0.25) is 0 Å². The van der Waals surface area contributed by atoms with Gasteiger partial charge in [-0.05, 0) is 49.2 Å². The molecule has 29 heavy (non-hydrogen) atoms. The Morgan fingerprint density at radius 1 is 1.03 bits per heavy atom. The molecule has 0 saturated carbocycles. The van der Waals surface area contributed by atoms with Crippen LogP contribution in [0.3, 0.4) is 0 Å². The van der Waals surface area contributed by atoms with Crippen LogP contribution in [-0.4, -0.2) is 32.9 Å². The Balaban J connectivity index is 2.10. The van der Waals surface area contributed by atoms with E-state index in [1.807, 2.05) is 20.8 Å². The molecule has 2 aromatic rings. The molecule has 0 saturated heterocycles. The maximum atomic E-state index is 13.0. The molecule has 0 bridgehead atoms. The van der Waals surface area contributed by atoms with Crippen LogP contribution < -0.4 is 10.0 Å². The zero-order valence-electron chi connectivity index (χ0n) is 16.3. The van der Waals surface area contributed by atoms with Gasteiger partial charge in [-0.2, -0.15) is 0 Å². The largest absolute Gasteiger partial charge is 0.452 e. The van der Waals surface area contributed by atoms with E-state index in [2.05, 4.69) is 10.0 Å². The van der Waals surface area contributed by atoms with E-state index in [-0.39, 0.29) is 28.1 Å². The standard InChI is InChI=1S/C20H23FN2O5S/c1-13(2)14(3)22-19(24)12-28-20(25)17-6-4-5-7-18(17)23-29(26,27)16-10-8-15(21)9-11-16/h4-11,13-14,23H,12H2,1-3H3,(H,22,24)/t14-/m1/s1. The molecule has 7 nitrogen and oxygen atoms in total. The van der Waals surface area contributed by atoms with Gasteiger partial charge in [0, 0.05) is 6.04 Å². The molecule has 0 aliphatic carbocycles. The molecule has 0 radical (unpaired) electrons. The highest BCUT2D eigenvalue weighted by atomic mass is 32.2. The third kappa shape index (κ3) is 6.28. The van der Waals surface area contributed by atoms with E-state index in [1.54, 1.807) is 0 Å². The summed E-state index contributed by atoms with van der Waals surface area (Å²) in [6.07, 6.45) is 0. The second-order valence-corrected chi connectivity index (χ2v) is 8.46. The number of hydrogen-bond donors (Lipinski definition) is 2. The normalized spacial score (nSPS) is 12.3. The minimum Gasteiger partial charge on any atom is -0.452 e. The number of ether oxygens (including phenoxy) is 1. The predicted molar refractivity (Wildman–Crippen MR) is 106 cm³/mol. The average molecular weight is 422 g/mol. The topological polar surface area (TPSA) is 102 Å². The monoisotopic (exact) mass is 422 g/mol. The van der Waals surface area contributed by atoms with Crippen molar-refractivity contribution in [1.82, 2.24) is 5.32 Å². The Morgan fingerprint density at radius 3 is 2.28 bits per heavy atom. The highest BCUT2D eigenvalue weighted by Gasteiger charge is 2.20. The Bertz CT molecular complexity index is 975. The van der Waals surface area contributed by atoms with Crippen LogP contribution in [-0.2, 0) is 19.6 Å². The van der Waals surface area contributed by atoms with Crippen molar-refractivity contribution in [2.45, 2.75) is 31.7 Å². The van der Waals surface area contributed by atoms with Crippen LogP contribution in [0.15, 0.2) is 53.4 Å². The zero-order valence-corrected chi connectivity index (χ0v) is 17.1. The van der Waals surface area contributed by atoms with Crippen molar-refractivity contribution in [2.24, 2.45) is 5.92 Å². The van der Waals surface area contributed by atoms with Crippen LogP contribution >= 0.6 is 0 Å². The van der Waals surface area contributed by atoms with E-state index < -0.39 is 34.3 Å². The number of hydrogen-bond acceptors (Lipinski definition) is 5. The van der Waals surface area contributed by atoms with E-state index in [0.717, 1.165) is 24.3 Å². The first-order valence-electron chi connectivity index (χ1n) is 8.94. The molecule has 2 N–H and O–H groups in total. The number of nitrogens with one attached hydrogen (secondary N) is 2. The fourth-order valence-corrected chi connectivity index (χ4v) is 3.32. The molecule has 9 heteroatoms. The lowest BCUT2D eigenvalue weighted by Crippen LogP contribution is -2.38. The molecular formula is C20H23FN2O5S. The Labute approximate surface area is 169 Å². The van der Waals surface area contributed by atoms with Gasteiger partial charge in [0.25, 0.3) is 15.9 Å². The van der Waals surface area contributed by atoms with Crippen molar-refractivity contribution >= 4 is 27.6 Å². The van der Waals surface area contributed by atoms with Gasteiger partial charge in [-0.1, -0.05) is 26.0 Å². The van der Waals surface area contributed by atoms with Crippen LogP contribution in [0, 0.1) is 11.7 Å². The molecule has 2 rings (SSSR count). The van der Waals surface area contributed by atoms with Crippen molar-refractivity contribution in [2.75, 3.05) is 11.3 Å². The van der Waals surface area contributed by atoms with Gasteiger partial charge in [0.2, 0.25) is 0 Å². The number of amides is 1. The Morgan fingerprint density at radius 2 is 1.66 bits per heavy atom. The third-order valence-electron chi connectivity index (χ3n) is 4.24. The highest BCUT2D eigenvalue weighted by molar-refractivity contribution is 7.92. The molecule has 1 atom stereocenters. The van der Waals surface area contributed by atoms with Gasteiger partial charge in [-0.3, -0.25) is 9.52 Å². The summed E-state index contributed by atoms with van der Waals surface area (Å²) in [5.74, 6) is -1.66. The van der Waals surface area contributed by atoms with Crippen molar-refractivity contribution < 1.29 is 27.1 Å². The number of para-hydroxylation sites is 1. The summed E-state index contributed by atoms with van der Waals surface area (Å²) in [4.78, 5) is 24.1. The highest BCUT2D eigenvalue weighted by Crippen LogP contribution is 2.21. The van der Waals surface area contributed by atoms with Crippen LogP contribution in [0.25, 0.3) is 0 Å². The maximum Gasteiger partial charge on any atom is 0.340 e. The minimum atomic E-state index is -4.05. The molecule has 0 aliphatic rings. The van der Waals surface area contributed by atoms with Crippen molar-refractivity contribution in [1.29, 1.82) is 0 Å². The van der Waals surface area contributed by atoms with Crippen LogP contribution in [0.1, 0.15) is 31.1 Å². The zero-order chi connectivity index (χ0) is 21.6. The van der Waals surface area contributed by atoms with Gasteiger partial charge in [-0.25, -0.2) is 17.6 Å². The molecule has 0 aliphatic heterocycles. The SMILES string of the molecule is CC(C)[C@@H](C)NC(=O)COC(=O)c1ccccc1NS(=O)(=O)c1ccc(F)cc1. The summed E-state index contributed by atoms with van der Waals surface area (Å²) in [5.41, 5.74) is -0.0688. The lowest BCUT2D eigenvalue weighted by Gasteiger charge is -2.17. The quantitative estimate of drug-likeness (QED) is 0.637. The fourth-order valence-electron chi connectivity index (χ4n) is 2.24. The molecule has 0 spiro atoms. The number of sulfonamides is 1. The molecule has 0 fully saturated rings. The summed E-state index contributed by atoms with van der Waals surface area (Å²) in [5, 5.41) is 2.71. The molecule has 1 amide bonds. The maximum absolute atomic E-state index is 13.0. The number of carbonyl (C=O) groups is 2. The fraction of sp³-hybridized carbons (Fsp3) is 0.300. The van der Waals surface area contributed by atoms with Gasteiger partial charge in [0.05, 0.1) is 16.1 Å². The Hall–Kier alpha value is -2.94. The lowest BCUT2D eigenvalue weighted by atomic mass is 10.1. The summed E-state index contributed by atoms with van der Waals surface area (Å²) < 4.78 is 45.3. The smallest absolute Gasteiger partial charge is 0.340 e. The van der Waals surface area contributed by atoms with Crippen molar-refractivity contribution in [3.63, 3.8) is 0 Å². The second kappa shape index (κ2) is 9.51. The minimum absolute atomic E-state index is 0.0159. The van der Waals surface area contributed by atoms with E-state index >= 15 is 0 Å². The number of halogens is 1. The summed E-state index contributed by atoms with van der Waals surface area (Å²) in [6, 6.07) is 10.0. The van der Waals surface area contributed by atoms with E-state index in [1.165, 1.54) is 24.3 Å². The molecular weight excluding hydrogens is 399 g/mol. The van der Waals surface area contributed by atoms with Crippen molar-refractivity contribution in [3.8, 4) is 0 Å². The van der Waals surface area contributed by atoms with E-state index in [4.69, 9.17) is 4.74 Å². The van der Waals surface area contributed by atoms with Gasteiger partial charge in [0.15, 0.2) is 6.61 Å². The summed E-state index contributed by atoms with van der Waals surface area (Å²) in [7, 11) is -4.05. The first-order valence-corrected chi connectivity index (χ1v) is 10.4. The molecule has 156 valence electrons. The van der Waals surface area contributed by atoms with Gasteiger partial charge >= 0.3 is 5.97 Å². The molecule has 0 unspecified atom stereocenters. The number of anilines is 1. The Kier molecular flexibility index (Phi) is 7.33. The predicted octanol–water partition coefficient (Wildman–Crippen LogP) is 2.94. The summed E-state index contributed by atoms with van der Waals surface area (Å²) in [6.45, 7) is 5.24. The summed E-state index contributed by atoms with van der Waals surface area (Å²) >= 11 is 0. The van der Waals surface area contributed by atoms with Crippen molar-refractivity contribution in [3.05, 3.63) is 59.9 Å². The number of rotatable bonds is 8. The molecule has 2 aromatic carbocycles. The first-order chi connectivity index (χ1) is 13.6. The van der Waals surface area contributed by atoms with Crippen LogP contribution in [0.4, 0.5) is 10.1 Å². The number of carbonyl (C=O) groups excluding carboxylic acids is 2. The second-order valence-electron chi connectivity index (χ2n) is 6.78. The van der Waals surface area contributed by atoms with Gasteiger partial charge in [-0.15, -0.1) is 0 Å². The lowest BCUT2D eigenvalue weighted by molar-refractivity contribution is -0.125. The van der Waals surface area contributed by atoms with E-state index in [9.17, 15) is 22.4 Å². The number of benzene rings is 2. The number of esters is 1.